The van der Waals surface area contributed by atoms with E-state index in [-0.39, 0.29) is 17.2 Å². The van der Waals surface area contributed by atoms with E-state index in [9.17, 15) is 9.59 Å². The number of aryl methyl sites for hydroxylation is 2. The largest absolute Gasteiger partial charge is 0.494 e. The summed E-state index contributed by atoms with van der Waals surface area (Å²) < 4.78 is 13.1. The number of fused-ring (bicyclic) bond motifs is 3. The van der Waals surface area contributed by atoms with Gasteiger partial charge in [0, 0.05) is 4.88 Å². The number of thiophene rings is 1. The lowest BCUT2D eigenvalue weighted by Gasteiger charge is -2.14. The smallest absolute Gasteiger partial charge is 0.267 e. The molecule has 10 heteroatoms. The lowest BCUT2D eigenvalue weighted by Crippen LogP contribution is -2.24. The maximum Gasteiger partial charge on any atom is 0.267 e. The van der Waals surface area contributed by atoms with Gasteiger partial charge in [-0.2, -0.15) is 5.10 Å². The minimum atomic E-state index is -0.305. The van der Waals surface area contributed by atoms with E-state index in [0.29, 0.717) is 35.2 Å². The highest BCUT2D eigenvalue weighted by atomic mass is 32.2. The predicted octanol–water partition coefficient (Wildman–Crippen LogP) is 6.55. The minimum absolute atomic E-state index is 0.0393. The van der Waals surface area contributed by atoms with E-state index in [1.807, 2.05) is 85.8 Å². The highest BCUT2D eigenvalue weighted by Crippen LogP contribution is 2.35. The number of carbonyl (C=O) groups is 1. The fraction of sp³-hybridized carbons (Fsp3) is 0.235. The van der Waals surface area contributed by atoms with Gasteiger partial charge in [-0.05, 0) is 85.7 Å². The molecule has 44 heavy (non-hydrogen) atoms. The Morgan fingerprint density at radius 3 is 2.66 bits per heavy atom. The number of carbonyl (C=O) groups excluding carboxylic acids is 1. The first-order valence-electron chi connectivity index (χ1n) is 14.6. The summed E-state index contributed by atoms with van der Waals surface area (Å²) in [5.74, 6) is 1.17. The number of hydrazone groups is 1. The van der Waals surface area contributed by atoms with E-state index in [1.54, 1.807) is 22.1 Å². The van der Waals surface area contributed by atoms with Crippen molar-refractivity contribution < 1.29 is 14.3 Å². The number of rotatable bonds is 11. The summed E-state index contributed by atoms with van der Waals surface area (Å²) in [5, 5.41) is 5.30. The van der Waals surface area contributed by atoms with Crippen molar-refractivity contribution in [1.29, 1.82) is 0 Å². The van der Waals surface area contributed by atoms with Gasteiger partial charge >= 0.3 is 0 Å². The molecule has 1 aliphatic rings. The number of amides is 1. The van der Waals surface area contributed by atoms with Crippen molar-refractivity contribution in [1.82, 2.24) is 15.0 Å². The molecule has 5 aromatic rings. The lowest BCUT2D eigenvalue weighted by molar-refractivity contribution is -0.118. The molecule has 2 aromatic heterocycles. The summed E-state index contributed by atoms with van der Waals surface area (Å²) in [4.78, 5) is 33.7. The third-order valence-electron chi connectivity index (χ3n) is 7.21. The van der Waals surface area contributed by atoms with Crippen LogP contribution in [0.25, 0.3) is 15.9 Å². The van der Waals surface area contributed by atoms with E-state index >= 15 is 0 Å². The molecule has 0 bridgehead atoms. The van der Waals surface area contributed by atoms with E-state index in [0.717, 1.165) is 53.0 Å². The van der Waals surface area contributed by atoms with Crippen molar-refractivity contribution >= 4 is 45.4 Å². The van der Waals surface area contributed by atoms with Gasteiger partial charge < -0.3 is 9.47 Å². The Bertz CT molecular complexity index is 1850. The molecule has 0 atom stereocenters. The second-order valence-electron chi connectivity index (χ2n) is 10.3. The van der Waals surface area contributed by atoms with E-state index in [4.69, 9.17) is 14.5 Å². The summed E-state index contributed by atoms with van der Waals surface area (Å²) in [5.41, 5.74) is 6.17. The molecule has 1 amide bonds. The highest BCUT2D eigenvalue weighted by molar-refractivity contribution is 7.99. The van der Waals surface area contributed by atoms with Gasteiger partial charge in [-0.15, -0.1) is 11.3 Å². The number of hydrogen-bond acceptors (Lipinski definition) is 8. The fourth-order valence-corrected chi connectivity index (χ4v) is 7.24. The first-order valence-corrected chi connectivity index (χ1v) is 16.4. The Balaban J connectivity index is 1.16. The van der Waals surface area contributed by atoms with E-state index < -0.39 is 0 Å². The average Bonchev–Trinajstić information content (AvgIpc) is 3.43. The van der Waals surface area contributed by atoms with Gasteiger partial charge in [0.25, 0.3) is 11.5 Å². The number of benzene rings is 3. The first-order chi connectivity index (χ1) is 21.6. The average molecular weight is 625 g/mol. The second-order valence-corrected chi connectivity index (χ2v) is 12.3. The van der Waals surface area contributed by atoms with Crippen LogP contribution in [-0.4, -0.2) is 34.0 Å². The maximum atomic E-state index is 14.0. The molecule has 224 valence electrons. The van der Waals surface area contributed by atoms with Gasteiger partial charge in [0.1, 0.15) is 22.9 Å². The molecule has 0 spiro atoms. The van der Waals surface area contributed by atoms with E-state index in [1.165, 1.54) is 16.6 Å². The number of thioether (sulfide) groups is 1. The molecule has 3 aromatic carbocycles. The monoisotopic (exact) mass is 624 g/mol. The first kappa shape index (κ1) is 29.7. The summed E-state index contributed by atoms with van der Waals surface area (Å²) >= 11 is 2.81. The van der Waals surface area contributed by atoms with Gasteiger partial charge in [0.15, 0.2) is 5.16 Å². The number of aromatic nitrogens is 2. The summed E-state index contributed by atoms with van der Waals surface area (Å²) in [7, 11) is 0. The quantitative estimate of drug-likeness (QED) is 0.0776. The SMILES string of the molecule is CCOc1ccc(-n2c(SCC(=O)NN=Cc3cccc(OCc4ccccc4)c3)nc3sc4c(c3c2=O)CCCC4)cc1. The van der Waals surface area contributed by atoms with Crippen LogP contribution < -0.4 is 20.5 Å². The van der Waals surface area contributed by atoms with Gasteiger partial charge in [0.2, 0.25) is 0 Å². The van der Waals surface area contributed by atoms with Crippen LogP contribution in [0.15, 0.2) is 93.9 Å². The van der Waals surface area contributed by atoms with Crippen LogP contribution in [0.5, 0.6) is 11.5 Å². The predicted molar refractivity (Wildman–Crippen MR) is 177 cm³/mol. The van der Waals surface area contributed by atoms with Crippen molar-refractivity contribution in [3.05, 3.63) is 111 Å². The summed E-state index contributed by atoms with van der Waals surface area (Å²) in [6.07, 6.45) is 5.65. The van der Waals surface area contributed by atoms with Gasteiger partial charge in [-0.3, -0.25) is 14.2 Å². The van der Waals surface area contributed by atoms with Gasteiger partial charge in [0.05, 0.1) is 29.6 Å². The standard InChI is InChI=1S/C34H32N4O4S2/c1-2-41-26-17-15-25(16-18-26)38-33(40)31-28-13-6-7-14-29(28)44-32(31)36-34(38)43-22-30(39)37-35-20-24-11-8-12-27(19-24)42-21-23-9-4-3-5-10-23/h3-5,8-12,15-20H,2,6-7,13-14,21-22H2,1H3,(H,37,39). The lowest BCUT2D eigenvalue weighted by atomic mass is 9.97. The second kappa shape index (κ2) is 13.9. The van der Waals surface area contributed by atoms with Crippen LogP contribution in [0.4, 0.5) is 0 Å². The minimum Gasteiger partial charge on any atom is -0.494 e. The Hall–Kier alpha value is -4.41. The molecule has 0 saturated carbocycles. The molecule has 0 unspecified atom stereocenters. The van der Waals surface area contributed by atoms with Crippen molar-refractivity contribution in [2.45, 2.75) is 44.4 Å². The van der Waals surface area contributed by atoms with Crippen LogP contribution in [-0.2, 0) is 24.2 Å². The molecule has 0 saturated heterocycles. The topological polar surface area (TPSA) is 94.8 Å². The third-order valence-corrected chi connectivity index (χ3v) is 9.33. The maximum absolute atomic E-state index is 14.0. The zero-order chi connectivity index (χ0) is 30.3. The molecular formula is C34H32N4O4S2. The number of hydrogen-bond donors (Lipinski definition) is 1. The summed E-state index contributed by atoms with van der Waals surface area (Å²) in [6, 6.07) is 24.8. The Kier molecular flexibility index (Phi) is 9.38. The Morgan fingerprint density at radius 1 is 1.02 bits per heavy atom. The molecular weight excluding hydrogens is 593 g/mol. The molecule has 1 aliphatic carbocycles. The van der Waals surface area contributed by atoms with Crippen molar-refractivity contribution in [2.75, 3.05) is 12.4 Å². The third kappa shape index (κ3) is 6.87. The van der Waals surface area contributed by atoms with Gasteiger partial charge in [-0.25, -0.2) is 10.4 Å². The molecule has 0 fully saturated rings. The normalized spacial score (nSPS) is 12.8. The number of nitrogens with zero attached hydrogens (tertiary/aromatic N) is 3. The van der Waals surface area contributed by atoms with Crippen molar-refractivity contribution in [3.63, 3.8) is 0 Å². The fourth-order valence-electron chi connectivity index (χ4n) is 5.14. The van der Waals surface area contributed by atoms with Crippen LogP contribution >= 0.6 is 23.1 Å². The molecule has 8 nitrogen and oxygen atoms in total. The number of ether oxygens (including phenoxy) is 2. The Labute approximate surface area is 263 Å². The van der Waals surface area contributed by atoms with Crippen LogP contribution in [0, 0.1) is 0 Å². The highest BCUT2D eigenvalue weighted by Gasteiger charge is 2.23. The van der Waals surface area contributed by atoms with E-state index in [2.05, 4.69) is 10.5 Å². The Morgan fingerprint density at radius 2 is 1.84 bits per heavy atom. The number of nitrogens with one attached hydrogen (secondary N) is 1. The molecule has 1 N–H and O–H groups in total. The molecule has 2 heterocycles. The van der Waals surface area contributed by atoms with Crippen LogP contribution in [0.1, 0.15) is 41.3 Å². The van der Waals surface area contributed by atoms with Gasteiger partial charge in [-0.1, -0.05) is 54.2 Å². The zero-order valence-corrected chi connectivity index (χ0v) is 26.0. The summed E-state index contributed by atoms with van der Waals surface area (Å²) in [6.45, 7) is 2.95. The van der Waals surface area contributed by atoms with Crippen LogP contribution in [0.2, 0.25) is 0 Å². The molecule has 0 radical (unpaired) electrons. The van der Waals surface area contributed by atoms with Crippen molar-refractivity contribution in [2.24, 2.45) is 5.10 Å². The van der Waals surface area contributed by atoms with Crippen LogP contribution in [0.3, 0.4) is 0 Å². The molecule has 6 rings (SSSR count). The van der Waals surface area contributed by atoms with Crippen molar-refractivity contribution in [3.8, 4) is 17.2 Å². The zero-order valence-electron chi connectivity index (χ0n) is 24.3. The molecule has 0 aliphatic heterocycles.